The summed E-state index contributed by atoms with van der Waals surface area (Å²) >= 11 is 0. The highest BCUT2D eigenvalue weighted by atomic mass is 32.1. The highest BCUT2D eigenvalue weighted by molar-refractivity contribution is 7.60. The van der Waals surface area contributed by atoms with Crippen molar-refractivity contribution in [1.82, 2.24) is 0 Å². The molecule has 1 aliphatic rings. The summed E-state index contributed by atoms with van der Waals surface area (Å²) in [5.41, 5.74) is 4.08. The van der Waals surface area contributed by atoms with Crippen LogP contribution in [0.3, 0.4) is 0 Å². The van der Waals surface area contributed by atoms with Gasteiger partial charge < -0.3 is 48.2 Å². The van der Waals surface area contributed by atoms with Gasteiger partial charge in [-0.3, -0.25) is 28.8 Å². The van der Waals surface area contributed by atoms with Gasteiger partial charge in [0.05, 0.1) is 44.7 Å². The fraction of sp³-hybridized carbons (Fsp3) is 0.819. The number of carbonyl (C=O) groups is 7. The van der Waals surface area contributed by atoms with Gasteiger partial charge in [0.2, 0.25) is 0 Å². The second-order valence-corrected chi connectivity index (χ2v) is 24.9. The number of aldehydes is 1. The first-order valence-electron chi connectivity index (χ1n) is 33.4. The molecule has 0 aliphatic carbocycles. The lowest BCUT2D eigenvalue weighted by Crippen LogP contribution is -2.11. The zero-order valence-electron chi connectivity index (χ0n) is 63.8. The smallest absolute Gasteiger partial charge is 0.306 e. The molecule has 1 rings (SSSR count). The molecule has 0 bridgehead atoms. The highest BCUT2D eigenvalue weighted by Crippen LogP contribution is 2.39. The molecule has 576 valence electrons. The summed E-state index contributed by atoms with van der Waals surface area (Å²) in [5, 5.41) is 17.0. The Bertz CT molecular complexity index is 1760. The van der Waals surface area contributed by atoms with E-state index in [0.29, 0.717) is 120 Å². The van der Waals surface area contributed by atoms with E-state index in [1.54, 1.807) is 14.0 Å². The standard InChI is InChI=1S/C12H22O3.C12H22O2.C10H18O2.C10H20O2.C10H18O.2C9H18O3.7H2S/c1-5-14-11(13)8-9(2)6-7-10-12(3,4)15-10;1-5-14-12(13)9-11(4)8-6-7-10(2)3;1-8(2)5-4-6-9(3)7-10(11)12;1-4-6-7-9(3)8-10(11)12-5-2;1-9(2)5-4-6-10(3)7-8-11;1-4-12-9(10)7-8(2)5-6-11-3;1-3-12-9(11)7-8(2)5-4-6-10;;;;;;;/h9-10H,5-8H2,1-4H3;7,11H,5-6,8-9H2,1-4H3;5,9H,4,6-7H2,1-3H3,(H,11,12);9H,4-8H2,1-3H3;5,8,10H,4,6-7H2,1-3H3;8H,4-7H2,1-3H3;8,10H,3-7H2,1-2H3;7*1H2/t9-,10?;11-;2*9-;10-;2*8-;;;;;;;/m0000000......./s1. The van der Waals surface area contributed by atoms with Gasteiger partial charge in [-0.05, 0) is 202 Å². The van der Waals surface area contributed by atoms with Crippen molar-refractivity contribution in [2.45, 2.75) is 292 Å². The third-order valence-corrected chi connectivity index (χ3v) is 13.6. The Morgan fingerprint density at radius 2 is 0.716 bits per heavy atom. The molecule has 1 fully saturated rings. The number of methoxy groups -OCH3 is 1. The fourth-order valence-electron chi connectivity index (χ4n) is 8.17. The molecule has 0 amide bonds. The van der Waals surface area contributed by atoms with E-state index in [2.05, 4.69) is 108 Å². The molecule has 1 aliphatic heterocycles. The second-order valence-electron chi connectivity index (χ2n) is 24.9. The topological polar surface area (TPSA) is 228 Å². The molecule has 0 aromatic heterocycles. The van der Waals surface area contributed by atoms with Gasteiger partial charge in [-0.1, -0.05) is 110 Å². The van der Waals surface area contributed by atoms with Crippen molar-refractivity contribution in [3.05, 3.63) is 34.9 Å². The van der Waals surface area contributed by atoms with E-state index < -0.39 is 5.97 Å². The van der Waals surface area contributed by atoms with Crippen molar-refractivity contribution < 1.29 is 76.9 Å². The molecule has 8 atom stereocenters. The number of hydrogen-bond donors (Lipinski definition) is 2. The van der Waals surface area contributed by atoms with Gasteiger partial charge >= 0.3 is 35.8 Å². The average Bonchev–Trinajstić information content (AvgIpc) is 1.66. The summed E-state index contributed by atoms with van der Waals surface area (Å²) in [6.07, 6.45) is 26.1. The summed E-state index contributed by atoms with van der Waals surface area (Å²) in [5.74, 6) is 1.64. The minimum atomic E-state index is -0.695. The van der Waals surface area contributed by atoms with Crippen LogP contribution in [0.1, 0.15) is 280 Å². The number of rotatable bonds is 40. The van der Waals surface area contributed by atoms with Crippen LogP contribution in [0.5, 0.6) is 0 Å². The molecule has 1 saturated heterocycles. The van der Waals surface area contributed by atoms with Crippen LogP contribution in [0.15, 0.2) is 34.9 Å². The number of carboxylic acid groups (broad SMARTS) is 1. The Labute approximate surface area is 630 Å². The predicted molar refractivity (Wildman–Crippen MR) is 433 cm³/mol. The maximum absolute atomic E-state index is 11.2. The van der Waals surface area contributed by atoms with Crippen LogP contribution in [0.2, 0.25) is 0 Å². The first kappa shape index (κ1) is 123. The quantitative estimate of drug-likeness (QED) is 0.0191. The Morgan fingerprint density at radius 1 is 0.442 bits per heavy atom. The molecule has 16 nitrogen and oxygen atoms in total. The molecule has 0 aromatic rings. The monoisotopic (exact) mass is 1490 g/mol. The van der Waals surface area contributed by atoms with Gasteiger partial charge in [-0.15, -0.1) is 0 Å². The Balaban J connectivity index is -0.0000000743. The number of aliphatic carboxylic acids is 1. The molecule has 2 N–H and O–H groups in total. The summed E-state index contributed by atoms with van der Waals surface area (Å²) in [6, 6.07) is 0. The number of allylic oxidation sites excluding steroid dienone is 6. The summed E-state index contributed by atoms with van der Waals surface area (Å²) < 4.78 is 34.6. The van der Waals surface area contributed by atoms with Gasteiger partial charge in [0.15, 0.2) is 0 Å². The molecule has 1 unspecified atom stereocenters. The van der Waals surface area contributed by atoms with Crippen LogP contribution in [-0.4, -0.2) is 117 Å². The molecule has 23 heteroatoms. The van der Waals surface area contributed by atoms with E-state index >= 15 is 0 Å². The van der Waals surface area contributed by atoms with Crippen molar-refractivity contribution >= 4 is 137 Å². The van der Waals surface area contributed by atoms with Gasteiger partial charge in [0.1, 0.15) is 6.29 Å². The maximum atomic E-state index is 11.2. The van der Waals surface area contributed by atoms with Crippen molar-refractivity contribution in [3.8, 4) is 0 Å². The lowest BCUT2D eigenvalue weighted by atomic mass is 9.97. The number of epoxide rings is 1. The van der Waals surface area contributed by atoms with Crippen LogP contribution in [-0.2, 0) is 66.7 Å². The van der Waals surface area contributed by atoms with Crippen LogP contribution < -0.4 is 0 Å². The van der Waals surface area contributed by atoms with Crippen molar-refractivity contribution in [2.75, 3.05) is 53.4 Å². The van der Waals surface area contributed by atoms with Gasteiger partial charge in [0, 0.05) is 65.3 Å². The number of unbranched alkanes of at least 4 members (excludes halogenated alkanes) is 1. The minimum absolute atomic E-state index is 0. The normalized spacial score (nSPS) is 13.4. The fourth-order valence-corrected chi connectivity index (χ4v) is 8.17. The lowest BCUT2D eigenvalue weighted by Gasteiger charge is -2.09. The Kier molecular flexibility index (Phi) is 112. The van der Waals surface area contributed by atoms with Crippen molar-refractivity contribution in [3.63, 3.8) is 0 Å². The van der Waals surface area contributed by atoms with E-state index in [0.717, 1.165) is 83.3 Å². The number of aliphatic hydroxyl groups excluding tert-OH is 1. The number of hydrogen-bond acceptors (Lipinski definition) is 15. The van der Waals surface area contributed by atoms with E-state index in [-0.39, 0.29) is 149 Å². The number of aliphatic hydroxyl groups is 1. The summed E-state index contributed by atoms with van der Waals surface area (Å²) in [7, 11) is 1.66. The summed E-state index contributed by atoms with van der Waals surface area (Å²) in [4.78, 5) is 75.6. The van der Waals surface area contributed by atoms with Gasteiger partial charge in [-0.25, -0.2) is 0 Å². The van der Waals surface area contributed by atoms with Crippen LogP contribution in [0.4, 0.5) is 0 Å². The third kappa shape index (κ3) is 106. The molecular weight excluding hydrogens is 1350 g/mol. The molecule has 0 radical (unpaired) electrons. The Morgan fingerprint density at radius 3 is 0.968 bits per heavy atom. The van der Waals surface area contributed by atoms with Crippen LogP contribution in [0, 0.1) is 41.4 Å². The van der Waals surface area contributed by atoms with E-state index in [9.17, 15) is 33.6 Å². The predicted octanol–water partition coefficient (Wildman–Crippen LogP) is 18.2. The van der Waals surface area contributed by atoms with E-state index in [1.165, 1.54) is 29.6 Å². The number of esters is 5. The lowest BCUT2D eigenvalue weighted by molar-refractivity contribution is -0.145. The average molecular weight is 1500 g/mol. The largest absolute Gasteiger partial charge is 0.481 e. The SMILES string of the molecule is CC(C)=CCC[C@H](C)CC(=O)O.CC(C)=CCC[C@H](C)CC=O.CCCC[C@H](C)CC(=O)OCC.CCOC(=O)C[C@@H](C)CCC1OC1(C)C.CCOC(=O)C[C@@H](C)CCC=C(C)C.CCOC(=O)C[C@@H](C)CCCO.CCOC(=O)C[C@@H](C)CCOC.S.S.S.S.S.S.S. The second kappa shape index (κ2) is 86.3. The number of carboxylic acids is 1. The van der Waals surface area contributed by atoms with Crippen molar-refractivity contribution in [1.29, 1.82) is 0 Å². The van der Waals surface area contributed by atoms with E-state index in [4.69, 9.17) is 43.4 Å². The molecule has 1 heterocycles. The molecule has 0 aromatic carbocycles. The number of ether oxygens (including phenoxy) is 7. The first-order valence-corrected chi connectivity index (χ1v) is 33.4. The minimum Gasteiger partial charge on any atom is -0.481 e. The van der Waals surface area contributed by atoms with E-state index in [1.807, 2.05) is 48.5 Å². The molecular formula is C72H150O16S7. The summed E-state index contributed by atoms with van der Waals surface area (Å²) in [6.45, 7) is 45.7. The van der Waals surface area contributed by atoms with Crippen LogP contribution in [0.25, 0.3) is 0 Å². The highest BCUT2D eigenvalue weighted by Gasteiger charge is 2.47. The van der Waals surface area contributed by atoms with Gasteiger partial charge in [-0.2, -0.15) is 94.5 Å². The maximum Gasteiger partial charge on any atom is 0.306 e. The zero-order chi connectivity index (χ0) is 68.9. The molecule has 95 heavy (non-hydrogen) atoms. The molecule has 0 saturated carbocycles. The zero-order valence-corrected chi connectivity index (χ0v) is 70.8. The third-order valence-electron chi connectivity index (χ3n) is 13.6. The number of carbonyl (C=O) groups excluding carboxylic acids is 6. The Hall–Kier alpha value is -1.96. The molecule has 0 spiro atoms. The van der Waals surface area contributed by atoms with Gasteiger partial charge in [0.25, 0.3) is 0 Å². The first-order chi connectivity index (χ1) is 41.3. The van der Waals surface area contributed by atoms with Crippen molar-refractivity contribution in [2.24, 2.45) is 41.4 Å². The van der Waals surface area contributed by atoms with Crippen LogP contribution >= 0.6 is 94.5 Å².